The number of fused-ring (bicyclic) bond motifs is 1. The zero-order valence-corrected chi connectivity index (χ0v) is 9.83. The zero-order valence-electron chi connectivity index (χ0n) is 9.83. The van der Waals surface area contributed by atoms with Crippen molar-refractivity contribution in [1.29, 1.82) is 0 Å². The van der Waals surface area contributed by atoms with Crippen LogP contribution in [0.25, 0.3) is 0 Å². The molecule has 2 nitrogen and oxygen atoms in total. The lowest BCUT2D eigenvalue weighted by Gasteiger charge is -2.22. The quantitative estimate of drug-likeness (QED) is 0.802. The molecule has 2 N–H and O–H groups in total. The first kappa shape index (κ1) is 10.5. The molecule has 2 unspecified atom stereocenters. The number of likely N-dealkylation sites (N-methyl/N-ethyl adjacent to an activating group) is 1. The SMILES string of the molecule is CCN1c2cccc(C(C)N)c2CC1C. The van der Waals surface area contributed by atoms with Gasteiger partial charge in [0.15, 0.2) is 0 Å². The maximum atomic E-state index is 6.00. The molecule has 1 aliphatic heterocycles. The molecule has 82 valence electrons. The number of hydrogen-bond donors (Lipinski definition) is 1. The Hall–Kier alpha value is -1.02. The van der Waals surface area contributed by atoms with Gasteiger partial charge in [-0.05, 0) is 44.4 Å². The summed E-state index contributed by atoms with van der Waals surface area (Å²) < 4.78 is 0. The van der Waals surface area contributed by atoms with E-state index in [-0.39, 0.29) is 6.04 Å². The fourth-order valence-corrected chi connectivity index (χ4v) is 2.64. The zero-order chi connectivity index (χ0) is 11.0. The topological polar surface area (TPSA) is 29.3 Å². The first-order valence-electron chi connectivity index (χ1n) is 5.79. The van der Waals surface area contributed by atoms with Crippen molar-refractivity contribution in [3.05, 3.63) is 29.3 Å². The molecular weight excluding hydrogens is 184 g/mol. The lowest BCUT2D eigenvalue weighted by Crippen LogP contribution is -2.28. The molecule has 0 bridgehead atoms. The van der Waals surface area contributed by atoms with Gasteiger partial charge in [0.2, 0.25) is 0 Å². The Kier molecular flexibility index (Phi) is 2.70. The molecule has 0 saturated heterocycles. The molecule has 0 spiro atoms. The normalized spacial score (nSPS) is 21.6. The minimum Gasteiger partial charge on any atom is -0.369 e. The van der Waals surface area contributed by atoms with Crippen molar-refractivity contribution in [3.63, 3.8) is 0 Å². The van der Waals surface area contributed by atoms with Crippen LogP contribution in [-0.2, 0) is 6.42 Å². The highest BCUT2D eigenvalue weighted by atomic mass is 15.2. The lowest BCUT2D eigenvalue weighted by molar-refractivity contribution is 0.686. The van der Waals surface area contributed by atoms with Crippen LogP contribution in [0.5, 0.6) is 0 Å². The van der Waals surface area contributed by atoms with E-state index in [0.717, 1.165) is 13.0 Å². The molecule has 0 amide bonds. The molecule has 0 radical (unpaired) electrons. The Bertz CT molecular complexity index is 358. The maximum Gasteiger partial charge on any atom is 0.0405 e. The van der Waals surface area contributed by atoms with Gasteiger partial charge in [0, 0.05) is 24.3 Å². The van der Waals surface area contributed by atoms with Crippen LogP contribution in [0.2, 0.25) is 0 Å². The molecule has 1 aliphatic rings. The Morgan fingerprint density at radius 1 is 1.53 bits per heavy atom. The van der Waals surface area contributed by atoms with Crippen molar-refractivity contribution in [2.24, 2.45) is 5.73 Å². The summed E-state index contributed by atoms with van der Waals surface area (Å²) in [7, 11) is 0. The van der Waals surface area contributed by atoms with E-state index in [0.29, 0.717) is 6.04 Å². The summed E-state index contributed by atoms with van der Waals surface area (Å²) in [4.78, 5) is 2.46. The summed E-state index contributed by atoms with van der Waals surface area (Å²) in [6, 6.07) is 7.26. The Morgan fingerprint density at radius 2 is 2.27 bits per heavy atom. The van der Waals surface area contributed by atoms with Crippen LogP contribution in [-0.4, -0.2) is 12.6 Å². The highest BCUT2D eigenvalue weighted by Crippen LogP contribution is 2.35. The smallest absolute Gasteiger partial charge is 0.0405 e. The molecular formula is C13H20N2. The number of benzene rings is 1. The van der Waals surface area contributed by atoms with E-state index in [1.807, 2.05) is 0 Å². The van der Waals surface area contributed by atoms with Crippen LogP contribution < -0.4 is 10.6 Å². The van der Waals surface area contributed by atoms with Gasteiger partial charge in [0.25, 0.3) is 0 Å². The first-order valence-corrected chi connectivity index (χ1v) is 5.79. The van der Waals surface area contributed by atoms with Gasteiger partial charge < -0.3 is 10.6 Å². The number of hydrogen-bond acceptors (Lipinski definition) is 2. The number of anilines is 1. The van der Waals surface area contributed by atoms with Crippen LogP contribution in [0.3, 0.4) is 0 Å². The van der Waals surface area contributed by atoms with Crippen molar-refractivity contribution < 1.29 is 0 Å². The Labute approximate surface area is 92.1 Å². The molecule has 15 heavy (non-hydrogen) atoms. The van der Waals surface area contributed by atoms with E-state index in [2.05, 4.69) is 43.9 Å². The van der Waals surface area contributed by atoms with Crippen molar-refractivity contribution in [1.82, 2.24) is 0 Å². The Balaban J connectivity index is 2.47. The highest BCUT2D eigenvalue weighted by Gasteiger charge is 2.26. The van der Waals surface area contributed by atoms with Crippen molar-refractivity contribution in [2.45, 2.75) is 39.3 Å². The molecule has 0 fully saturated rings. The first-order chi connectivity index (χ1) is 7.15. The van der Waals surface area contributed by atoms with Gasteiger partial charge in [-0.1, -0.05) is 12.1 Å². The molecule has 0 saturated carbocycles. The predicted octanol–water partition coefficient (Wildman–Crippen LogP) is 2.48. The van der Waals surface area contributed by atoms with Gasteiger partial charge in [-0.2, -0.15) is 0 Å². The minimum atomic E-state index is 0.143. The third-order valence-corrected chi connectivity index (χ3v) is 3.36. The third-order valence-electron chi connectivity index (χ3n) is 3.36. The fourth-order valence-electron chi connectivity index (χ4n) is 2.64. The largest absolute Gasteiger partial charge is 0.369 e. The summed E-state index contributed by atoms with van der Waals surface area (Å²) >= 11 is 0. The number of rotatable bonds is 2. The van der Waals surface area contributed by atoms with E-state index in [1.54, 1.807) is 0 Å². The second-order valence-corrected chi connectivity index (χ2v) is 4.47. The fraction of sp³-hybridized carbons (Fsp3) is 0.538. The van der Waals surface area contributed by atoms with Crippen molar-refractivity contribution >= 4 is 5.69 Å². The van der Waals surface area contributed by atoms with E-state index in [1.165, 1.54) is 16.8 Å². The summed E-state index contributed by atoms with van der Waals surface area (Å²) in [6.07, 6.45) is 1.14. The molecule has 1 aromatic rings. The van der Waals surface area contributed by atoms with Gasteiger partial charge in [0.1, 0.15) is 0 Å². The van der Waals surface area contributed by atoms with E-state index in [9.17, 15) is 0 Å². The Morgan fingerprint density at radius 3 is 2.87 bits per heavy atom. The van der Waals surface area contributed by atoms with Gasteiger partial charge in [0.05, 0.1) is 0 Å². The van der Waals surface area contributed by atoms with Crippen molar-refractivity contribution in [3.8, 4) is 0 Å². The van der Waals surface area contributed by atoms with Crippen LogP contribution >= 0.6 is 0 Å². The van der Waals surface area contributed by atoms with Gasteiger partial charge in [-0.25, -0.2) is 0 Å². The van der Waals surface area contributed by atoms with E-state index >= 15 is 0 Å². The van der Waals surface area contributed by atoms with Crippen LogP contribution in [0.4, 0.5) is 5.69 Å². The lowest BCUT2D eigenvalue weighted by atomic mass is 9.99. The second kappa shape index (κ2) is 3.86. The van der Waals surface area contributed by atoms with Gasteiger partial charge >= 0.3 is 0 Å². The van der Waals surface area contributed by atoms with E-state index in [4.69, 9.17) is 5.73 Å². The standard InChI is InChI=1S/C13H20N2/c1-4-15-9(2)8-12-11(10(3)14)6-5-7-13(12)15/h5-7,9-10H,4,8,14H2,1-3H3. The molecule has 2 heteroatoms. The molecule has 1 heterocycles. The second-order valence-electron chi connectivity index (χ2n) is 4.47. The minimum absolute atomic E-state index is 0.143. The highest BCUT2D eigenvalue weighted by molar-refractivity contribution is 5.62. The molecule has 2 atom stereocenters. The number of nitrogens with two attached hydrogens (primary N) is 1. The van der Waals surface area contributed by atoms with Crippen molar-refractivity contribution in [2.75, 3.05) is 11.4 Å². The summed E-state index contributed by atoms with van der Waals surface area (Å²) in [5.74, 6) is 0. The monoisotopic (exact) mass is 204 g/mol. The van der Waals surface area contributed by atoms with Crippen LogP contribution in [0.15, 0.2) is 18.2 Å². The average molecular weight is 204 g/mol. The van der Waals surface area contributed by atoms with Crippen LogP contribution in [0, 0.1) is 0 Å². The molecule has 2 rings (SSSR count). The molecule has 0 aliphatic carbocycles. The average Bonchev–Trinajstić information content (AvgIpc) is 2.52. The third kappa shape index (κ3) is 1.63. The van der Waals surface area contributed by atoms with Gasteiger partial charge in [-0.15, -0.1) is 0 Å². The predicted molar refractivity (Wildman–Crippen MR) is 65.2 cm³/mol. The van der Waals surface area contributed by atoms with Crippen LogP contribution in [0.1, 0.15) is 37.9 Å². The summed E-state index contributed by atoms with van der Waals surface area (Å²) in [5.41, 5.74) is 10.2. The van der Waals surface area contributed by atoms with E-state index < -0.39 is 0 Å². The maximum absolute atomic E-state index is 6.00. The molecule has 1 aromatic carbocycles. The summed E-state index contributed by atoms with van der Waals surface area (Å²) in [5, 5.41) is 0. The van der Waals surface area contributed by atoms with Gasteiger partial charge in [-0.3, -0.25) is 0 Å². The summed E-state index contributed by atoms with van der Waals surface area (Å²) in [6.45, 7) is 7.64. The number of nitrogens with zero attached hydrogens (tertiary/aromatic N) is 1. The molecule has 0 aromatic heterocycles.